The number of benzene rings is 4. The summed E-state index contributed by atoms with van der Waals surface area (Å²) in [6.07, 6.45) is 0. The molecule has 0 saturated carbocycles. The lowest BCUT2D eigenvalue weighted by molar-refractivity contribution is 0.0473. The minimum atomic E-state index is -0.702. The van der Waals surface area contributed by atoms with Gasteiger partial charge in [0.05, 0.1) is 5.56 Å². The highest BCUT2D eigenvalue weighted by Gasteiger charge is 2.24. The van der Waals surface area contributed by atoms with Gasteiger partial charge in [-0.1, -0.05) is 29.8 Å². The smallest absolute Gasteiger partial charge is 0.339 e. The van der Waals surface area contributed by atoms with Gasteiger partial charge < -0.3 is 20.0 Å². The number of carbonyl (C=O) groups excluding carboxylic acids is 2. The predicted octanol–water partition coefficient (Wildman–Crippen LogP) is 5.38. The van der Waals surface area contributed by atoms with Crippen LogP contribution in [0.1, 0.15) is 26.3 Å². The predicted molar refractivity (Wildman–Crippen MR) is 135 cm³/mol. The molecule has 7 nitrogen and oxygen atoms in total. The summed E-state index contributed by atoms with van der Waals surface area (Å²) >= 11 is 5.93. The zero-order valence-electron chi connectivity index (χ0n) is 18.7. The van der Waals surface area contributed by atoms with Gasteiger partial charge in [0, 0.05) is 39.2 Å². The molecule has 0 saturated heterocycles. The third kappa shape index (κ3) is 4.39. The molecule has 0 fully saturated rings. The van der Waals surface area contributed by atoms with Gasteiger partial charge in [-0.05, 0) is 59.7 Å². The average Bonchev–Trinajstić information content (AvgIpc) is 2.86. The van der Waals surface area contributed by atoms with Crippen molar-refractivity contribution in [2.75, 3.05) is 0 Å². The number of nitrogens with two attached hydrogens (primary N) is 1. The Kier molecular flexibility index (Phi) is 5.91. The van der Waals surface area contributed by atoms with Crippen LogP contribution < -0.4 is 11.2 Å². The van der Waals surface area contributed by atoms with Gasteiger partial charge in [-0.15, -0.1) is 0 Å². The van der Waals surface area contributed by atoms with Gasteiger partial charge in [0.15, 0.2) is 5.43 Å². The second kappa shape index (κ2) is 9.20. The number of halogens is 1. The molecule has 8 heteroatoms. The first-order valence-corrected chi connectivity index (χ1v) is 11.2. The lowest BCUT2D eigenvalue weighted by atomic mass is 9.90. The molecule has 178 valence electrons. The molecule has 1 amide bonds. The van der Waals surface area contributed by atoms with Gasteiger partial charge in [-0.25, -0.2) is 4.79 Å². The molecule has 0 atom stereocenters. The number of fused-ring (bicyclic) bond motifs is 2. The molecule has 0 bridgehead atoms. The summed E-state index contributed by atoms with van der Waals surface area (Å²) in [4.78, 5) is 37.3. The standard InChI is InChI=1S/C28H18ClNO6/c29-17-4-1-15(2-5-17)14-35-28(34)23-11-16(27(30)33)3-8-20(23)26-21-9-6-18(31)12-24(21)36-25-13-19(32)7-10-22(25)26/h1-13,31H,14H2,(H2,30,33). The third-order valence-electron chi connectivity index (χ3n) is 5.75. The number of carbonyl (C=O) groups is 2. The SMILES string of the molecule is NC(=O)c1ccc(-c2c3ccc(=O)cc-3oc3cc(O)ccc23)c(C(=O)OCc2ccc(Cl)cc2)c1. The van der Waals surface area contributed by atoms with Gasteiger partial charge in [-0.3, -0.25) is 9.59 Å². The topological polar surface area (TPSA) is 120 Å². The Morgan fingerprint density at radius 1 is 0.917 bits per heavy atom. The van der Waals surface area contributed by atoms with Gasteiger partial charge in [0.2, 0.25) is 5.91 Å². The maximum atomic E-state index is 13.3. The molecule has 3 N–H and O–H groups in total. The Morgan fingerprint density at radius 3 is 2.42 bits per heavy atom. The molecule has 0 radical (unpaired) electrons. The molecule has 5 rings (SSSR count). The van der Waals surface area contributed by atoms with Crippen LogP contribution in [0, 0.1) is 0 Å². The lowest BCUT2D eigenvalue weighted by Gasteiger charge is -2.18. The molecule has 1 aliphatic heterocycles. The lowest BCUT2D eigenvalue weighted by Crippen LogP contribution is -2.14. The van der Waals surface area contributed by atoms with Crippen LogP contribution >= 0.6 is 11.6 Å². The first-order chi connectivity index (χ1) is 17.3. The molecule has 36 heavy (non-hydrogen) atoms. The van der Waals surface area contributed by atoms with Crippen molar-refractivity contribution in [2.24, 2.45) is 5.73 Å². The molecule has 0 aromatic heterocycles. The van der Waals surface area contributed by atoms with Crippen molar-refractivity contribution in [3.63, 3.8) is 0 Å². The van der Waals surface area contributed by atoms with E-state index in [1.807, 2.05) is 0 Å². The normalized spacial score (nSPS) is 11.0. The van der Waals surface area contributed by atoms with Crippen LogP contribution in [-0.4, -0.2) is 17.0 Å². The molecule has 1 aliphatic carbocycles. The van der Waals surface area contributed by atoms with Crippen molar-refractivity contribution in [3.05, 3.63) is 111 Å². The second-order valence-electron chi connectivity index (χ2n) is 8.14. The Labute approximate surface area is 209 Å². The minimum absolute atomic E-state index is 0.0186. The largest absolute Gasteiger partial charge is 0.508 e. The highest BCUT2D eigenvalue weighted by Crippen LogP contribution is 2.42. The number of rotatable bonds is 5. The van der Waals surface area contributed by atoms with E-state index in [4.69, 9.17) is 26.5 Å². The molecule has 0 spiro atoms. The number of esters is 1. The van der Waals surface area contributed by atoms with E-state index in [2.05, 4.69) is 0 Å². The number of phenols is 1. The van der Waals surface area contributed by atoms with Gasteiger partial charge in [0.25, 0.3) is 0 Å². The van der Waals surface area contributed by atoms with E-state index in [-0.39, 0.29) is 34.7 Å². The maximum Gasteiger partial charge on any atom is 0.339 e. The average molecular weight is 500 g/mol. The van der Waals surface area contributed by atoms with Crippen molar-refractivity contribution in [3.8, 4) is 28.2 Å². The van der Waals surface area contributed by atoms with Crippen LogP contribution in [0.4, 0.5) is 0 Å². The van der Waals surface area contributed by atoms with E-state index < -0.39 is 11.9 Å². The van der Waals surface area contributed by atoms with E-state index in [0.29, 0.717) is 32.7 Å². The zero-order chi connectivity index (χ0) is 25.4. The minimum Gasteiger partial charge on any atom is -0.508 e. The fraction of sp³-hybridized carbons (Fsp3) is 0.0357. The Hall–Kier alpha value is -4.62. The number of ether oxygens (including phenoxy) is 1. The molecule has 3 aromatic carbocycles. The van der Waals surface area contributed by atoms with E-state index in [1.54, 1.807) is 42.5 Å². The van der Waals surface area contributed by atoms with Gasteiger partial charge in [0.1, 0.15) is 23.7 Å². The number of hydrogen-bond donors (Lipinski definition) is 2. The van der Waals surface area contributed by atoms with Crippen molar-refractivity contribution < 1.29 is 23.8 Å². The summed E-state index contributed by atoms with van der Waals surface area (Å²) in [7, 11) is 0. The first kappa shape index (κ1) is 23.1. The van der Waals surface area contributed by atoms with Gasteiger partial charge in [-0.2, -0.15) is 0 Å². The fourth-order valence-corrected chi connectivity index (χ4v) is 4.17. The second-order valence-corrected chi connectivity index (χ2v) is 8.58. The summed E-state index contributed by atoms with van der Waals surface area (Å²) < 4.78 is 11.5. The van der Waals surface area contributed by atoms with Crippen LogP contribution in [-0.2, 0) is 11.3 Å². The highest BCUT2D eigenvalue weighted by molar-refractivity contribution is 6.30. The fourth-order valence-electron chi connectivity index (χ4n) is 4.04. The number of amides is 1. The number of hydrogen-bond acceptors (Lipinski definition) is 6. The van der Waals surface area contributed by atoms with Crippen molar-refractivity contribution in [1.82, 2.24) is 0 Å². The Bertz CT molecular complexity index is 1670. The number of primary amides is 1. The van der Waals surface area contributed by atoms with Crippen molar-refractivity contribution in [1.29, 1.82) is 0 Å². The Balaban J connectivity index is 1.70. The summed E-state index contributed by atoms with van der Waals surface area (Å²) in [5.74, 6) is -1.13. The number of phenolic OH excluding ortho intramolecular Hbond substituents is 1. The highest BCUT2D eigenvalue weighted by atomic mass is 35.5. The summed E-state index contributed by atoms with van der Waals surface area (Å²) in [5, 5.41) is 11.1. The molecular weight excluding hydrogens is 482 g/mol. The van der Waals surface area contributed by atoms with E-state index in [9.17, 15) is 19.5 Å². The van der Waals surface area contributed by atoms with Crippen molar-refractivity contribution >= 4 is 34.4 Å². The van der Waals surface area contributed by atoms with E-state index in [0.717, 1.165) is 5.56 Å². The number of aromatic hydroxyl groups is 1. The summed E-state index contributed by atoms with van der Waals surface area (Å²) in [5.41, 5.74) is 8.07. The van der Waals surface area contributed by atoms with E-state index >= 15 is 0 Å². The van der Waals surface area contributed by atoms with Crippen molar-refractivity contribution in [2.45, 2.75) is 6.61 Å². The quantitative estimate of drug-likeness (QED) is 0.247. The summed E-state index contributed by atoms with van der Waals surface area (Å²) in [6, 6.07) is 20.2. The van der Waals surface area contributed by atoms with Crippen LogP contribution in [0.3, 0.4) is 0 Å². The molecule has 0 unspecified atom stereocenters. The molecular formula is C28H18ClNO6. The van der Waals surface area contributed by atoms with Gasteiger partial charge >= 0.3 is 5.97 Å². The monoisotopic (exact) mass is 499 g/mol. The maximum absolute atomic E-state index is 13.3. The molecule has 1 heterocycles. The third-order valence-corrected chi connectivity index (χ3v) is 6.01. The van der Waals surface area contributed by atoms with E-state index in [1.165, 1.54) is 36.4 Å². The Morgan fingerprint density at radius 2 is 1.67 bits per heavy atom. The van der Waals surface area contributed by atoms with Crippen LogP contribution in [0.15, 0.2) is 88.1 Å². The summed E-state index contributed by atoms with van der Waals surface area (Å²) in [6.45, 7) is -0.0186. The first-order valence-electron chi connectivity index (χ1n) is 10.9. The molecule has 3 aromatic rings. The zero-order valence-corrected chi connectivity index (χ0v) is 19.4. The molecule has 2 aliphatic rings. The van der Waals surface area contributed by atoms with Crippen LogP contribution in [0.5, 0.6) is 5.75 Å². The van der Waals surface area contributed by atoms with Crippen LogP contribution in [0.2, 0.25) is 5.02 Å². The van der Waals surface area contributed by atoms with Crippen LogP contribution in [0.25, 0.3) is 33.4 Å².